The standard InChI is InChI=1S/C21H30FN3O6S/c1-4-21(5-2,20(27)30-6-3)24-18(26)16-9-10-17(19(23-16)31-13-14-7-8-14)25-11-15(12-25)32(22,28)29/h9-10,14-15H,4-8,11-13H2,1-3H3,(H,24,26). The van der Waals surface area contributed by atoms with Gasteiger partial charge in [0.15, 0.2) is 0 Å². The molecule has 1 saturated heterocycles. The van der Waals surface area contributed by atoms with E-state index < -0.39 is 32.9 Å². The lowest BCUT2D eigenvalue weighted by Gasteiger charge is -2.38. The van der Waals surface area contributed by atoms with Gasteiger partial charge in [0.1, 0.15) is 22.2 Å². The smallest absolute Gasteiger partial charge is 0.331 e. The third-order valence-electron chi connectivity index (χ3n) is 6.04. The highest BCUT2D eigenvalue weighted by Crippen LogP contribution is 2.35. The number of amides is 1. The second kappa shape index (κ2) is 9.60. The second-order valence-electron chi connectivity index (χ2n) is 8.24. The number of ether oxygens (including phenoxy) is 2. The Morgan fingerprint density at radius 2 is 1.88 bits per heavy atom. The number of rotatable bonds is 11. The Bertz CT molecular complexity index is 956. The first-order chi connectivity index (χ1) is 15.1. The van der Waals surface area contributed by atoms with Crippen LogP contribution >= 0.6 is 0 Å². The van der Waals surface area contributed by atoms with Crippen molar-refractivity contribution in [3.63, 3.8) is 0 Å². The number of nitrogens with one attached hydrogen (secondary N) is 1. The fourth-order valence-electron chi connectivity index (χ4n) is 3.52. The van der Waals surface area contributed by atoms with Crippen LogP contribution in [0.25, 0.3) is 0 Å². The van der Waals surface area contributed by atoms with E-state index in [1.165, 1.54) is 6.07 Å². The molecular weight excluding hydrogens is 441 g/mol. The molecule has 0 bridgehead atoms. The highest BCUT2D eigenvalue weighted by atomic mass is 32.3. The SMILES string of the molecule is CCOC(=O)C(CC)(CC)NC(=O)c1ccc(N2CC(S(=O)(=O)F)C2)c(OCC2CC2)n1. The molecule has 3 rings (SSSR count). The summed E-state index contributed by atoms with van der Waals surface area (Å²) in [6.45, 7) is 5.90. The molecule has 178 valence electrons. The van der Waals surface area contributed by atoms with E-state index in [2.05, 4.69) is 10.3 Å². The lowest BCUT2D eigenvalue weighted by atomic mass is 9.92. The van der Waals surface area contributed by atoms with Crippen LogP contribution in [0.5, 0.6) is 5.88 Å². The van der Waals surface area contributed by atoms with Crippen LogP contribution in [0.4, 0.5) is 9.57 Å². The van der Waals surface area contributed by atoms with Crippen molar-refractivity contribution in [2.24, 2.45) is 5.92 Å². The van der Waals surface area contributed by atoms with Crippen LogP contribution in [0.1, 0.15) is 56.9 Å². The summed E-state index contributed by atoms with van der Waals surface area (Å²) < 4.78 is 46.4. The minimum absolute atomic E-state index is 0.0104. The van der Waals surface area contributed by atoms with Gasteiger partial charge in [-0.05, 0) is 50.7 Å². The van der Waals surface area contributed by atoms with Crippen LogP contribution in [0.15, 0.2) is 12.1 Å². The first-order valence-corrected chi connectivity index (χ1v) is 12.4. The summed E-state index contributed by atoms with van der Waals surface area (Å²) in [4.78, 5) is 31.4. The highest BCUT2D eigenvalue weighted by molar-refractivity contribution is 7.87. The Balaban J connectivity index is 1.81. The summed E-state index contributed by atoms with van der Waals surface area (Å²) >= 11 is 0. The van der Waals surface area contributed by atoms with Crippen LogP contribution in [0.2, 0.25) is 0 Å². The van der Waals surface area contributed by atoms with Gasteiger partial charge in [-0.3, -0.25) is 4.79 Å². The lowest BCUT2D eigenvalue weighted by molar-refractivity contribution is -0.151. The Hall–Kier alpha value is -2.43. The monoisotopic (exact) mass is 471 g/mol. The molecule has 1 aliphatic carbocycles. The Morgan fingerprint density at radius 1 is 1.22 bits per heavy atom. The van der Waals surface area contributed by atoms with Gasteiger partial charge in [0.2, 0.25) is 5.88 Å². The van der Waals surface area contributed by atoms with Gasteiger partial charge >= 0.3 is 16.2 Å². The third-order valence-corrected chi connectivity index (χ3v) is 7.13. The first-order valence-electron chi connectivity index (χ1n) is 11.0. The maximum absolute atomic E-state index is 13.2. The Labute approximate surface area is 187 Å². The van der Waals surface area contributed by atoms with Gasteiger partial charge in [-0.2, -0.15) is 8.42 Å². The summed E-state index contributed by atoms with van der Waals surface area (Å²) in [7, 11) is -4.61. The molecular formula is C21H30FN3O6S. The number of carbonyl (C=O) groups is 2. The molecule has 0 unspecified atom stereocenters. The lowest BCUT2D eigenvalue weighted by Crippen LogP contribution is -2.55. The maximum Gasteiger partial charge on any atom is 0.331 e. The second-order valence-corrected chi connectivity index (χ2v) is 9.86. The van der Waals surface area contributed by atoms with Crippen molar-refractivity contribution in [1.82, 2.24) is 10.3 Å². The molecule has 1 aromatic rings. The van der Waals surface area contributed by atoms with Gasteiger partial charge in [-0.25, -0.2) is 9.78 Å². The first kappa shape index (κ1) is 24.2. The molecule has 32 heavy (non-hydrogen) atoms. The third kappa shape index (κ3) is 5.31. The highest BCUT2D eigenvalue weighted by Gasteiger charge is 2.40. The quantitative estimate of drug-likeness (QED) is 0.386. The molecule has 0 aromatic carbocycles. The van der Waals surface area contributed by atoms with Crippen molar-refractivity contribution in [3.8, 4) is 5.88 Å². The molecule has 2 aliphatic rings. The van der Waals surface area contributed by atoms with Gasteiger partial charge in [-0.15, -0.1) is 3.89 Å². The molecule has 1 N–H and O–H groups in total. The summed E-state index contributed by atoms with van der Waals surface area (Å²) in [5, 5.41) is 1.68. The minimum atomic E-state index is -4.61. The molecule has 1 saturated carbocycles. The average Bonchev–Trinajstić information content (AvgIpc) is 3.53. The van der Waals surface area contributed by atoms with E-state index in [0.717, 1.165) is 12.8 Å². The fourth-order valence-corrected chi connectivity index (χ4v) is 4.23. The van der Waals surface area contributed by atoms with Crippen LogP contribution < -0.4 is 15.0 Å². The number of carbonyl (C=O) groups excluding carboxylic acids is 2. The van der Waals surface area contributed by atoms with E-state index in [4.69, 9.17) is 9.47 Å². The van der Waals surface area contributed by atoms with Crippen molar-refractivity contribution in [2.45, 2.75) is 57.2 Å². The number of nitrogens with zero attached hydrogens (tertiary/aromatic N) is 2. The van der Waals surface area contributed by atoms with Gasteiger partial charge < -0.3 is 19.7 Å². The largest absolute Gasteiger partial charge is 0.476 e. The van der Waals surface area contributed by atoms with E-state index in [-0.39, 0.29) is 31.3 Å². The van der Waals surface area contributed by atoms with E-state index in [9.17, 15) is 21.9 Å². The molecule has 0 atom stereocenters. The average molecular weight is 472 g/mol. The number of anilines is 1. The molecule has 2 heterocycles. The predicted molar refractivity (Wildman–Crippen MR) is 116 cm³/mol. The van der Waals surface area contributed by atoms with E-state index in [1.54, 1.807) is 31.7 Å². The number of hydrogen-bond donors (Lipinski definition) is 1. The predicted octanol–water partition coefficient (Wildman–Crippen LogP) is 2.21. The number of esters is 1. The zero-order chi connectivity index (χ0) is 23.5. The van der Waals surface area contributed by atoms with Crippen molar-refractivity contribution in [2.75, 3.05) is 31.2 Å². The summed E-state index contributed by atoms with van der Waals surface area (Å²) in [5.74, 6) is -0.431. The molecule has 1 amide bonds. The number of hydrogen-bond acceptors (Lipinski definition) is 8. The van der Waals surface area contributed by atoms with Crippen LogP contribution in [0.3, 0.4) is 0 Å². The molecule has 11 heteroatoms. The van der Waals surface area contributed by atoms with Crippen LogP contribution in [0, 0.1) is 5.92 Å². The normalized spacial score (nSPS) is 16.9. The van der Waals surface area contributed by atoms with Crippen LogP contribution in [-0.2, 0) is 19.8 Å². The van der Waals surface area contributed by atoms with Crippen molar-refractivity contribution < 1.29 is 31.4 Å². The topological polar surface area (TPSA) is 115 Å². The molecule has 2 fully saturated rings. The maximum atomic E-state index is 13.2. The number of pyridine rings is 1. The van der Waals surface area contributed by atoms with E-state index in [0.29, 0.717) is 31.1 Å². The van der Waals surface area contributed by atoms with E-state index in [1.807, 2.05) is 0 Å². The molecule has 9 nitrogen and oxygen atoms in total. The Morgan fingerprint density at radius 3 is 2.41 bits per heavy atom. The van der Waals surface area contributed by atoms with Gasteiger partial charge in [-0.1, -0.05) is 13.8 Å². The summed E-state index contributed by atoms with van der Waals surface area (Å²) in [5.41, 5.74) is -0.599. The van der Waals surface area contributed by atoms with Crippen molar-refractivity contribution in [1.29, 1.82) is 0 Å². The van der Waals surface area contributed by atoms with Gasteiger partial charge in [0.25, 0.3) is 5.91 Å². The zero-order valence-corrected chi connectivity index (χ0v) is 19.4. The van der Waals surface area contributed by atoms with Gasteiger partial charge in [0, 0.05) is 13.1 Å². The molecule has 0 spiro atoms. The molecule has 0 radical (unpaired) electrons. The fraction of sp³-hybridized carbons (Fsp3) is 0.667. The number of aromatic nitrogens is 1. The van der Waals surface area contributed by atoms with Crippen molar-refractivity contribution >= 4 is 27.8 Å². The van der Waals surface area contributed by atoms with Crippen LogP contribution in [-0.4, -0.2) is 62.4 Å². The summed E-state index contributed by atoms with van der Waals surface area (Å²) in [6, 6.07) is 3.09. The number of halogens is 1. The minimum Gasteiger partial charge on any atom is -0.476 e. The molecule has 1 aliphatic heterocycles. The van der Waals surface area contributed by atoms with Gasteiger partial charge in [0.05, 0.1) is 13.2 Å². The Kier molecular flexibility index (Phi) is 7.26. The molecule has 1 aromatic heterocycles. The zero-order valence-electron chi connectivity index (χ0n) is 18.6. The van der Waals surface area contributed by atoms with Crippen molar-refractivity contribution in [3.05, 3.63) is 17.8 Å². The summed E-state index contributed by atoms with van der Waals surface area (Å²) in [6.07, 6.45) is 2.81. The van der Waals surface area contributed by atoms with E-state index >= 15 is 0 Å².